The van der Waals surface area contributed by atoms with Gasteiger partial charge < -0.3 is 9.05 Å². The first-order valence-electron chi connectivity index (χ1n) is 6.36. The molecule has 1 N–H and O–H groups in total. The summed E-state index contributed by atoms with van der Waals surface area (Å²) in [6.07, 6.45) is 0.900. The van der Waals surface area contributed by atoms with Crippen molar-refractivity contribution in [2.24, 2.45) is 0 Å². The Balaban J connectivity index is 2.06. The molecular formula is C15H17O4P. The molecule has 0 aliphatic rings. The van der Waals surface area contributed by atoms with Crippen molar-refractivity contribution in [1.29, 1.82) is 0 Å². The molecule has 1 unspecified atom stereocenters. The number of rotatable bonds is 5. The van der Waals surface area contributed by atoms with E-state index in [0.717, 1.165) is 17.5 Å². The van der Waals surface area contributed by atoms with E-state index in [1.54, 1.807) is 36.4 Å². The van der Waals surface area contributed by atoms with Crippen molar-refractivity contribution in [1.82, 2.24) is 0 Å². The van der Waals surface area contributed by atoms with E-state index in [9.17, 15) is 9.46 Å². The lowest BCUT2D eigenvalue weighted by Crippen LogP contribution is -1.99. The second kappa shape index (κ2) is 6.12. The van der Waals surface area contributed by atoms with Gasteiger partial charge in [0.25, 0.3) is 0 Å². The lowest BCUT2D eigenvalue weighted by atomic mass is 10.2. The number of aryl methyl sites for hydroxylation is 2. The monoisotopic (exact) mass is 292 g/mol. The van der Waals surface area contributed by atoms with Crippen LogP contribution in [0.25, 0.3) is 0 Å². The Morgan fingerprint density at radius 3 is 1.85 bits per heavy atom. The predicted octanol–water partition coefficient (Wildman–Crippen LogP) is 4.12. The minimum absolute atomic E-state index is 0.298. The van der Waals surface area contributed by atoms with Gasteiger partial charge in [-0.15, -0.1) is 0 Å². The summed E-state index contributed by atoms with van der Waals surface area (Å²) < 4.78 is 21.9. The molecule has 2 aromatic rings. The maximum atomic E-state index is 11.9. The average Bonchev–Trinajstić information content (AvgIpc) is 2.41. The SMILES string of the molecule is CCc1ccc(OP(=O)(O)Oc2ccc(C)cc2)cc1. The van der Waals surface area contributed by atoms with Gasteiger partial charge in [-0.1, -0.05) is 36.8 Å². The molecule has 5 heteroatoms. The topological polar surface area (TPSA) is 55.8 Å². The van der Waals surface area contributed by atoms with Gasteiger partial charge in [0.05, 0.1) is 0 Å². The third kappa shape index (κ3) is 4.12. The Labute approximate surface area is 118 Å². The molecule has 0 spiro atoms. The van der Waals surface area contributed by atoms with Gasteiger partial charge in [0.15, 0.2) is 0 Å². The van der Waals surface area contributed by atoms with Crippen molar-refractivity contribution in [2.75, 3.05) is 0 Å². The van der Waals surface area contributed by atoms with Gasteiger partial charge in [-0.25, -0.2) is 4.57 Å². The van der Waals surface area contributed by atoms with Gasteiger partial charge in [0.1, 0.15) is 11.5 Å². The third-order valence-corrected chi connectivity index (χ3v) is 3.68. The number of hydrogen-bond donors (Lipinski definition) is 1. The summed E-state index contributed by atoms with van der Waals surface area (Å²) in [6, 6.07) is 13.9. The van der Waals surface area contributed by atoms with Gasteiger partial charge in [0, 0.05) is 0 Å². The van der Waals surface area contributed by atoms with Crippen LogP contribution in [0.5, 0.6) is 11.5 Å². The Kier molecular flexibility index (Phi) is 4.48. The highest BCUT2D eigenvalue weighted by Crippen LogP contribution is 2.44. The van der Waals surface area contributed by atoms with Crippen LogP contribution in [0.1, 0.15) is 18.1 Å². The first-order valence-corrected chi connectivity index (χ1v) is 7.85. The van der Waals surface area contributed by atoms with Crippen molar-refractivity contribution in [3.8, 4) is 11.5 Å². The van der Waals surface area contributed by atoms with Gasteiger partial charge in [-0.05, 0) is 43.2 Å². The molecule has 0 radical (unpaired) electrons. The van der Waals surface area contributed by atoms with Crippen molar-refractivity contribution < 1.29 is 18.5 Å². The molecule has 0 aliphatic heterocycles. The fourth-order valence-electron chi connectivity index (χ4n) is 1.67. The highest BCUT2D eigenvalue weighted by molar-refractivity contribution is 7.48. The van der Waals surface area contributed by atoms with E-state index in [-0.39, 0.29) is 0 Å². The molecule has 0 aliphatic carbocycles. The van der Waals surface area contributed by atoms with Crippen molar-refractivity contribution in [2.45, 2.75) is 20.3 Å². The standard InChI is InChI=1S/C15H17O4P/c1-3-13-6-10-15(11-7-13)19-20(16,17)18-14-8-4-12(2)5-9-14/h4-11H,3H2,1-2H3,(H,16,17). The average molecular weight is 292 g/mol. The van der Waals surface area contributed by atoms with Crippen LogP contribution in [-0.2, 0) is 11.0 Å². The molecule has 2 rings (SSSR count). The van der Waals surface area contributed by atoms with E-state index in [1.165, 1.54) is 0 Å². The third-order valence-electron chi connectivity index (χ3n) is 2.79. The largest absolute Gasteiger partial charge is 0.584 e. The quantitative estimate of drug-likeness (QED) is 0.842. The molecule has 20 heavy (non-hydrogen) atoms. The van der Waals surface area contributed by atoms with Crippen molar-refractivity contribution in [3.05, 3.63) is 59.7 Å². The first kappa shape index (κ1) is 14.6. The van der Waals surface area contributed by atoms with Crippen LogP contribution in [0.4, 0.5) is 0 Å². The summed E-state index contributed by atoms with van der Waals surface area (Å²) in [5.74, 6) is 0.603. The second-order valence-electron chi connectivity index (χ2n) is 4.46. The van der Waals surface area contributed by atoms with Crippen LogP contribution < -0.4 is 9.05 Å². The van der Waals surface area contributed by atoms with Crippen molar-refractivity contribution >= 4 is 7.82 Å². The summed E-state index contributed by atoms with van der Waals surface area (Å²) in [4.78, 5) is 9.73. The Morgan fingerprint density at radius 2 is 1.40 bits per heavy atom. The van der Waals surface area contributed by atoms with Crippen LogP contribution in [0.3, 0.4) is 0 Å². The number of hydrogen-bond acceptors (Lipinski definition) is 3. The Morgan fingerprint density at radius 1 is 0.950 bits per heavy atom. The molecule has 0 saturated carbocycles. The van der Waals surface area contributed by atoms with Crippen molar-refractivity contribution in [3.63, 3.8) is 0 Å². The van der Waals surface area contributed by atoms with Crippen LogP contribution in [0.15, 0.2) is 48.5 Å². The summed E-state index contributed by atoms with van der Waals surface area (Å²) in [5, 5.41) is 0. The summed E-state index contributed by atoms with van der Waals surface area (Å²) >= 11 is 0. The molecule has 0 saturated heterocycles. The lowest BCUT2D eigenvalue weighted by molar-refractivity contribution is 0.291. The zero-order valence-electron chi connectivity index (χ0n) is 11.4. The Hall–Kier alpha value is -1.77. The van der Waals surface area contributed by atoms with Crippen LogP contribution in [0, 0.1) is 6.92 Å². The van der Waals surface area contributed by atoms with E-state index in [4.69, 9.17) is 9.05 Å². The Bertz CT molecular complexity index is 605. The molecular weight excluding hydrogens is 275 g/mol. The molecule has 2 aromatic carbocycles. The zero-order chi connectivity index (χ0) is 14.6. The molecule has 0 amide bonds. The minimum Gasteiger partial charge on any atom is -0.395 e. The second-order valence-corrected chi connectivity index (χ2v) is 5.76. The van der Waals surface area contributed by atoms with E-state index >= 15 is 0 Å². The number of phosphoric ester groups is 1. The summed E-state index contributed by atoms with van der Waals surface area (Å²) in [5.41, 5.74) is 2.17. The molecule has 0 heterocycles. The van der Waals surface area contributed by atoms with E-state index in [2.05, 4.69) is 0 Å². The van der Waals surface area contributed by atoms with Gasteiger partial charge in [0.2, 0.25) is 0 Å². The van der Waals surface area contributed by atoms with Crippen LogP contribution >= 0.6 is 7.82 Å². The predicted molar refractivity (Wildman–Crippen MR) is 78.1 cm³/mol. The molecule has 0 bridgehead atoms. The normalized spacial score (nSPS) is 13.6. The van der Waals surface area contributed by atoms with Gasteiger partial charge >= 0.3 is 7.82 Å². The summed E-state index contributed by atoms with van der Waals surface area (Å²) in [7, 11) is -4.18. The van der Waals surface area contributed by atoms with Crippen LogP contribution in [0.2, 0.25) is 0 Å². The minimum atomic E-state index is -4.18. The fraction of sp³-hybridized carbons (Fsp3) is 0.200. The highest BCUT2D eigenvalue weighted by Gasteiger charge is 2.24. The summed E-state index contributed by atoms with van der Waals surface area (Å²) in [6.45, 7) is 3.96. The smallest absolute Gasteiger partial charge is 0.395 e. The molecule has 1 atom stereocenters. The zero-order valence-corrected chi connectivity index (χ0v) is 12.3. The molecule has 0 aromatic heterocycles. The lowest BCUT2D eigenvalue weighted by Gasteiger charge is -2.14. The van der Waals surface area contributed by atoms with Crippen LogP contribution in [-0.4, -0.2) is 4.89 Å². The fourth-order valence-corrected chi connectivity index (χ4v) is 2.48. The first-order chi connectivity index (χ1) is 9.48. The van der Waals surface area contributed by atoms with Gasteiger partial charge in [-0.2, -0.15) is 0 Å². The molecule has 4 nitrogen and oxygen atoms in total. The number of phosphoric acid groups is 1. The van der Waals surface area contributed by atoms with E-state index in [1.807, 2.05) is 26.0 Å². The maximum Gasteiger partial charge on any atom is 0.584 e. The number of benzene rings is 2. The van der Waals surface area contributed by atoms with Gasteiger partial charge in [-0.3, -0.25) is 4.89 Å². The maximum absolute atomic E-state index is 11.9. The van der Waals surface area contributed by atoms with E-state index < -0.39 is 7.82 Å². The highest BCUT2D eigenvalue weighted by atomic mass is 31.2. The molecule has 106 valence electrons. The molecule has 0 fully saturated rings. The van der Waals surface area contributed by atoms with E-state index in [0.29, 0.717) is 11.5 Å².